The van der Waals surface area contributed by atoms with Crippen LogP contribution in [0.15, 0.2) is 30.3 Å². The van der Waals surface area contributed by atoms with E-state index < -0.39 is 14.0 Å². The molecule has 0 fully saturated rings. The zero-order chi connectivity index (χ0) is 11.9. The van der Waals surface area contributed by atoms with E-state index in [1.165, 1.54) is 19.1 Å². The van der Waals surface area contributed by atoms with Crippen molar-refractivity contribution in [3.05, 3.63) is 40.4 Å². The average Bonchev–Trinajstić information content (AvgIpc) is 2.19. The van der Waals surface area contributed by atoms with Gasteiger partial charge in [0.25, 0.3) is 5.69 Å². The Kier molecular flexibility index (Phi) is 5.88. The summed E-state index contributed by atoms with van der Waals surface area (Å²) in [6.45, 7) is 1.49. The van der Waals surface area contributed by atoms with Gasteiger partial charge >= 0.3 is 0 Å². The van der Waals surface area contributed by atoms with Gasteiger partial charge in [-0.25, -0.2) is 8.42 Å². The van der Waals surface area contributed by atoms with E-state index in [4.69, 9.17) is 0 Å². The lowest BCUT2D eigenvalue weighted by Gasteiger charge is -1.85. The summed E-state index contributed by atoms with van der Waals surface area (Å²) in [4.78, 5) is 9.59. The maximum atomic E-state index is 10.0. The molecule has 0 bridgehead atoms. The van der Waals surface area contributed by atoms with Gasteiger partial charge in [-0.3, -0.25) is 10.1 Å². The lowest BCUT2D eigenvalue weighted by atomic mass is 10.3. The van der Waals surface area contributed by atoms with Crippen molar-refractivity contribution in [3.8, 4) is 0 Å². The number of hydrogen-bond acceptors (Lipinski definition) is 4. The van der Waals surface area contributed by atoms with Gasteiger partial charge in [0.15, 0.2) is 0 Å². The first kappa shape index (κ1) is 13.9. The van der Waals surface area contributed by atoms with E-state index >= 15 is 0 Å². The Morgan fingerprint density at radius 1 is 1.33 bits per heavy atom. The molecule has 0 saturated heterocycles. The highest BCUT2D eigenvalue weighted by Crippen LogP contribution is 2.06. The number of nitrogens with zero attached hydrogens (tertiary/aromatic N) is 1. The molecule has 15 heavy (non-hydrogen) atoms. The first-order chi connectivity index (χ1) is 6.87. The van der Waals surface area contributed by atoms with Gasteiger partial charge in [0.05, 0.1) is 10.7 Å². The topological polar surface area (TPSA) is 77.3 Å². The van der Waals surface area contributed by atoms with Crippen molar-refractivity contribution < 1.29 is 13.3 Å². The molecule has 7 heteroatoms. The van der Waals surface area contributed by atoms with Crippen LogP contribution in [0.3, 0.4) is 0 Å². The van der Waals surface area contributed by atoms with E-state index in [-0.39, 0.29) is 11.4 Å². The van der Waals surface area contributed by atoms with Gasteiger partial charge in [-0.05, 0) is 0 Å². The third-order valence-electron chi connectivity index (χ3n) is 1.31. The number of non-ortho nitro benzene ring substituents is 1. The highest BCUT2D eigenvalue weighted by Gasteiger charge is 1.98. The molecule has 0 saturated carbocycles. The molecular formula is C8H10ClNO4S. The standard InChI is InChI=1S/C6H5NO2.C2H5ClO2S/c8-7(9)6-4-2-1-3-5-6;1-2-6(3,4)5/h1-5H;2H2,1H3. The SMILES string of the molecule is CCS(=O)(=O)Cl.O=[N+]([O-])c1ccccc1. The van der Waals surface area contributed by atoms with Crippen LogP contribution < -0.4 is 0 Å². The first-order valence-electron chi connectivity index (χ1n) is 3.98. The van der Waals surface area contributed by atoms with Crippen LogP contribution in [0.1, 0.15) is 6.92 Å². The maximum absolute atomic E-state index is 10.0. The average molecular weight is 252 g/mol. The number of benzene rings is 1. The van der Waals surface area contributed by atoms with E-state index in [2.05, 4.69) is 10.7 Å². The zero-order valence-corrected chi connectivity index (χ0v) is 9.53. The number of nitro groups is 1. The summed E-state index contributed by atoms with van der Waals surface area (Å²) in [6, 6.07) is 7.93. The summed E-state index contributed by atoms with van der Waals surface area (Å²) in [7, 11) is 1.50. The fraction of sp³-hybridized carbons (Fsp3) is 0.250. The van der Waals surface area contributed by atoms with Crippen molar-refractivity contribution in [2.24, 2.45) is 0 Å². The van der Waals surface area contributed by atoms with Crippen LogP contribution >= 0.6 is 10.7 Å². The fourth-order valence-corrected chi connectivity index (χ4v) is 0.550. The Morgan fingerprint density at radius 2 is 1.73 bits per heavy atom. The van der Waals surface area contributed by atoms with Crippen molar-refractivity contribution in [3.63, 3.8) is 0 Å². The van der Waals surface area contributed by atoms with Crippen LogP contribution in [0.5, 0.6) is 0 Å². The quantitative estimate of drug-likeness (QED) is 0.458. The monoisotopic (exact) mass is 251 g/mol. The van der Waals surface area contributed by atoms with E-state index in [0.717, 1.165) is 0 Å². The van der Waals surface area contributed by atoms with Crippen molar-refractivity contribution in [1.29, 1.82) is 0 Å². The number of halogens is 1. The molecule has 1 aromatic rings. The molecule has 84 valence electrons. The molecule has 0 aliphatic rings. The predicted octanol–water partition coefficient (Wildman–Crippen LogP) is 2.17. The van der Waals surface area contributed by atoms with Crippen molar-refractivity contribution in [2.45, 2.75) is 6.92 Å². The van der Waals surface area contributed by atoms with Crippen LogP contribution in [0.4, 0.5) is 5.69 Å². The number of rotatable bonds is 2. The number of hydrogen-bond donors (Lipinski definition) is 0. The molecule has 1 aromatic carbocycles. The lowest BCUT2D eigenvalue weighted by molar-refractivity contribution is -0.384. The lowest BCUT2D eigenvalue weighted by Crippen LogP contribution is -1.88. The molecule has 0 radical (unpaired) electrons. The van der Waals surface area contributed by atoms with Gasteiger partial charge in [-0.15, -0.1) is 0 Å². The molecule has 0 aliphatic carbocycles. The van der Waals surface area contributed by atoms with Gasteiger partial charge in [0.2, 0.25) is 9.05 Å². The second-order valence-electron chi connectivity index (χ2n) is 2.42. The molecule has 0 N–H and O–H groups in total. The minimum atomic E-state index is -3.19. The van der Waals surface area contributed by atoms with Gasteiger partial charge in [-0.1, -0.05) is 25.1 Å². The second kappa shape index (κ2) is 6.36. The van der Waals surface area contributed by atoms with Crippen LogP contribution in [0, 0.1) is 10.1 Å². The summed E-state index contributed by atoms with van der Waals surface area (Å²) < 4.78 is 19.5. The zero-order valence-electron chi connectivity index (χ0n) is 7.96. The molecule has 5 nitrogen and oxygen atoms in total. The van der Waals surface area contributed by atoms with Crippen LogP contribution in [0.2, 0.25) is 0 Å². The van der Waals surface area contributed by atoms with Crippen molar-refractivity contribution >= 4 is 25.4 Å². The summed E-state index contributed by atoms with van der Waals surface area (Å²) in [5.41, 5.74) is 0.137. The Morgan fingerprint density at radius 3 is 1.93 bits per heavy atom. The number of para-hydroxylation sites is 1. The number of nitro benzene ring substituents is 1. The Hall–Kier alpha value is -1.14. The molecule has 0 aliphatic heterocycles. The van der Waals surface area contributed by atoms with Crippen LogP contribution in [-0.4, -0.2) is 19.1 Å². The molecule has 1 rings (SSSR count). The van der Waals surface area contributed by atoms with E-state index in [9.17, 15) is 18.5 Å². The third kappa shape index (κ3) is 7.90. The van der Waals surface area contributed by atoms with Crippen molar-refractivity contribution in [1.82, 2.24) is 0 Å². The van der Waals surface area contributed by atoms with E-state index in [1.54, 1.807) is 18.2 Å². The molecule has 0 spiro atoms. The Balaban J connectivity index is 0.000000288. The van der Waals surface area contributed by atoms with Crippen LogP contribution in [0.25, 0.3) is 0 Å². The summed E-state index contributed by atoms with van der Waals surface area (Å²) in [6.07, 6.45) is 0. The minimum absolute atomic E-state index is 0.00849. The first-order valence-corrected chi connectivity index (χ1v) is 6.46. The molecule has 0 heterocycles. The Labute approximate surface area is 92.3 Å². The van der Waals surface area contributed by atoms with Gasteiger partial charge in [-0.2, -0.15) is 0 Å². The molecule has 0 atom stereocenters. The van der Waals surface area contributed by atoms with Gasteiger partial charge in [0.1, 0.15) is 0 Å². The van der Waals surface area contributed by atoms with Gasteiger partial charge < -0.3 is 0 Å². The van der Waals surface area contributed by atoms with Crippen LogP contribution in [-0.2, 0) is 9.05 Å². The molecule has 0 unspecified atom stereocenters. The normalized spacial score (nSPS) is 10.0. The highest BCUT2D eigenvalue weighted by molar-refractivity contribution is 8.13. The van der Waals surface area contributed by atoms with E-state index in [0.29, 0.717) is 0 Å². The Bertz CT molecular complexity index is 404. The highest BCUT2D eigenvalue weighted by atomic mass is 35.7. The minimum Gasteiger partial charge on any atom is -0.258 e. The smallest absolute Gasteiger partial charge is 0.258 e. The van der Waals surface area contributed by atoms with Crippen molar-refractivity contribution in [2.75, 3.05) is 5.75 Å². The van der Waals surface area contributed by atoms with E-state index in [1.807, 2.05) is 0 Å². The molecule has 0 amide bonds. The summed E-state index contributed by atoms with van der Waals surface area (Å²) in [5.74, 6) is 0.00849. The maximum Gasteiger partial charge on any atom is 0.269 e. The summed E-state index contributed by atoms with van der Waals surface area (Å²) in [5, 5.41) is 10.0. The largest absolute Gasteiger partial charge is 0.269 e. The third-order valence-corrected chi connectivity index (χ3v) is 2.66. The molecular weight excluding hydrogens is 242 g/mol. The predicted molar refractivity (Wildman–Crippen MR) is 58.4 cm³/mol. The summed E-state index contributed by atoms with van der Waals surface area (Å²) >= 11 is 0. The second-order valence-corrected chi connectivity index (χ2v) is 5.49. The van der Waals surface area contributed by atoms with Gasteiger partial charge in [0, 0.05) is 22.8 Å². The molecule has 0 aromatic heterocycles. The fourth-order valence-electron chi connectivity index (χ4n) is 0.550.